The van der Waals surface area contributed by atoms with Crippen LogP contribution < -0.4 is 10.1 Å². The Labute approximate surface area is 162 Å². The fraction of sp³-hybridized carbons (Fsp3) is 0.353. The van der Waals surface area contributed by atoms with Gasteiger partial charge in [-0.15, -0.1) is 10.2 Å². The van der Waals surface area contributed by atoms with Gasteiger partial charge in [0.05, 0.1) is 12.6 Å². The predicted molar refractivity (Wildman–Crippen MR) is 97.9 cm³/mol. The second kappa shape index (κ2) is 8.13. The molecule has 0 saturated carbocycles. The molecule has 0 saturated heterocycles. The second-order valence-corrected chi connectivity index (χ2v) is 6.92. The number of ether oxygens (including phenoxy) is 2. The number of aromatic nitrogens is 3. The van der Waals surface area contributed by atoms with Crippen LogP contribution in [0, 0.1) is 6.92 Å². The van der Waals surface area contributed by atoms with Gasteiger partial charge < -0.3 is 14.8 Å². The number of fused-ring (bicyclic) bond motifs is 3. The number of benzene rings is 1. The van der Waals surface area contributed by atoms with Crippen molar-refractivity contribution in [3.63, 3.8) is 0 Å². The maximum absolute atomic E-state index is 12.0. The van der Waals surface area contributed by atoms with E-state index in [0.717, 1.165) is 16.5 Å². The zero-order valence-corrected chi connectivity index (χ0v) is 15.9. The lowest BCUT2D eigenvalue weighted by Crippen LogP contribution is -2.30. The Morgan fingerprint density at radius 3 is 2.79 bits per heavy atom. The maximum Gasteiger partial charge on any atom is 0.422 e. The first-order valence-electron chi connectivity index (χ1n) is 8.21. The van der Waals surface area contributed by atoms with Crippen LogP contribution in [0.15, 0.2) is 29.4 Å². The Morgan fingerprint density at radius 2 is 2.07 bits per heavy atom. The van der Waals surface area contributed by atoms with Gasteiger partial charge in [-0.05, 0) is 30.7 Å². The van der Waals surface area contributed by atoms with Crippen molar-refractivity contribution >= 4 is 34.4 Å². The molecule has 0 atom stereocenters. The Balaban J connectivity index is 1.70. The molecule has 150 valence electrons. The summed E-state index contributed by atoms with van der Waals surface area (Å²) in [6.45, 7) is 0.476. The number of hydrogen-bond donors (Lipinski definition) is 1. The molecular weight excluding hydrogens is 397 g/mol. The summed E-state index contributed by atoms with van der Waals surface area (Å²) in [5.74, 6) is 1.07. The molecule has 0 radical (unpaired) electrons. The third-order valence-corrected chi connectivity index (χ3v) is 4.77. The van der Waals surface area contributed by atoms with Crippen molar-refractivity contribution in [2.45, 2.75) is 18.3 Å². The normalized spacial score (nSPS) is 11.8. The number of carbonyl (C=O) groups is 1. The Bertz CT molecular complexity index is 1010. The summed E-state index contributed by atoms with van der Waals surface area (Å²) in [5.41, 5.74) is 2.58. The van der Waals surface area contributed by atoms with Crippen LogP contribution in [0.2, 0.25) is 0 Å². The van der Waals surface area contributed by atoms with Crippen molar-refractivity contribution in [1.82, 2.24) is 19.9 Å². The molecule has 0 unspecified atom stereocenters. The number of alkyl carbamates (subject to hydrolysis) is 1. The number of hydrogen-bond acceptors (Lipinski definition) is 6. The van der Waals surface area contributed by atoms with Crippen LogP contribution in [-0.2, 0) is 4.74 Å². The number of aryl methyl sites for hydroxylation is 1. The van der Waals surface area contributed by atoms with Crippen molar-refractivity contribution in [3.8, 4) is 5.75 Å². The molecule has 28 heavy (non-hydrogen) atoms. The van der Waals surface area contributed by atoms with Crippen LogP contribution in [0.5, 0.6) is 5.75 Å². The molecular formula is C17H17F3N4O3S. The van der Waals surface area contributed by atoms with Gasteiger partial charge in [-0.25, -0.2) is 4.79 Å². The highest BCUT2D eigenvalue weighted by molar-refractivity contribution is 7.99. The molecule has 0 aliphatic rings. The van der Waals surface area contributed by atoms with Gasteiger partial charge in [0.15, 0.2) is 17.4 Å². The molecule has 0 spiro atoms. The van der Waals surface area contributed by atoms with Gasteiger partial charge in [0.2, 0.25) is 0 Å². The summed E-state index contributed by atoms with van der Waals surface area (Å²) in [4.78, 5) is 11.3. The lowest BCUT2D eigenvalue weighted by atomic mass is 10.1. The molecule has 0 fully saturated rings. The highest BCUT2D eigenvalue weighted by atomic mass is 32.2. The van der Waals surface area contributed by atoms with Crippen LogP contribution in [-0.4, -0.2) is 52.9 Å². The van der Waals surface area contributed by atoms with E-state index in [1.165, 1.54) is 11.8 Å². The first-order valence-corrected chi connectivity index (χ1v) is 9.20. The maximum atomic E-state index is 12.0. The molecule has 11 heteroatoms. The molecule has 1 aromatic carbocycles. The van der Waals surface area contributed by atoms with Crippen molar-refractivity contribution in [3.05, 3.63) is 29.8 Å². The number of halogens is 3. The standard InChI is InChI=1S/C17H17F3N4O3S/c1-10-7-14-22-23-15(24(14)13-8-11(26-2)3-4-12(10)13)28-6-5-21-16(25)27-9-17(18,19)20/h3-4,7-8H,5-6,9H2,1-2H3,(H,21,25). The fourth-order valence-electron chi connectivity index (χ4n) is 2.62. The zero-order valence-electron chi connectivity index (χ0n) is 15.0. The minimum Gasteiger partial charge on any atom is -0.497 e. The average molecular weight is 414 g/mol. The van der Waals surface area contributed by atoms with Gasteiger partial charge in [-0.3, -0.25) is 4.40 Å². The summed E-state index contributed by atoms with van der Waals surface area (Å²) in [7, 11) is 1.58. The number of nitrogens with one attached hydrogen (secondary N) is 1. The minimum atomic E-state index is -4.55. The highest BCUT2D eigenvalue weighted by Gasteiger charge is 2.29. The van der Waals surface area contributed by atoms with E-state index in [9.17, 15) is 18.0 Å². The minimum absolute atomic E-state index is 0.114. The van der Waals surface area contributed by atoms with Gasteiger partial charge in [0.25, 0.3) is 0 Å². The van der Waals surface area contributed by atoms with E-state index in [0.29, 0.717) is 22.3 Å². The van der Waals surface area contributed by atoms with Gasteiger partial charge in [0, 0.05) is 23.8 Å². The van der Waals surface area contributed by atoms with E-state index >= 15 is 0 Å². The van der Waals surface area contributed by atoms with Gasteiger partial charge in [-0.1, -0.05) is 11.8 Å². The second-order valence-electron chi connectivity index (χ2n) is 5.85. The number of nitrogens with zero attached hydrogens (tertiary/aromatic N) is 3. The topological polar surface area (TPSA) is 77.8 Å². The lowest BCUT2D eigenvalue weighted by Gasteiger charge is -2.10. The third kappa shape index (κ3) is 4.58. The molecule has 7 nitrogen and oxygen atoms in total. The first-order chi connectivity index (χ1) is 13.3. The van der Waals surface area contributed by atoms with Crippen LogP contribution >= 0.6 is 11.8 Å². The number of thioether (sulfide) groups is 1. The number of pyridine rings is 1. The van der Waals surface area contributed by atoms with E-state index in [1.54, 1.807) is 7.11 Å². The summed E-state index contributed by atoms with van der Waals surface area (Å²) >= 11 is 1.31. The Kier molecular flexibility index (Phi) is 5.82. The Hall–Kier alpha value is -2.69. The highest BCUT2D eigenvalue weighted by Crippen LogP contribution is 2.28. The number of rotatable bonds is 6. The number of amides is 1. The van der Waals surface area contributed by atoms with Gasteiger partial charge in [-0.2, -0.15) is 13.2 Å². The summed E-state index contributed by atoms with van der Waals surface area (Å²) < 4.78 is 47.3. The van der Waals surface area contributed by atoms with Gasteiger partial charge in [0.1, 0.15) is 5.75 Å². The molecule has 0 aliphatic heterocycles. The molecule has 0 aliphatic carbocycles. The van der Waals surface area contributed by atoms with E-state index in [4.69, 9.17) is 4.74 Å². The molecule has 0 bridgehead atoms. The van der Waals surface area contributed by atoms with Crippen molar-refractivity contribution in [2.24, 2.45) is 0 Å². The van der Waals surface area contributed by atoms with Crippen LogP contribution in [0.1, 0.15) is 5.56 Å². The van der Waals surface area contributed by atoms with Crippen LogP contribution in [0.25, 0.3) is 16.6 Å². The van der Waals surface area contributed by atoms with Crippen molar-refractivity contribution < 1.29 is 27.4 Å². The third-order valence-electron chi connectivity index (χ3n) is 3.84. The van der Waals surface area contributed by atoms with E-state index in [2.05, 4.69) is 20.3 Å². The molecule has 2 aromatic heterocycles. The van der Waals surface area contributed by atoms with Crippen LogP contribution in [0.4, 0.5) is 18.0 Å². The fourth-order valence-corrected chi connectivity index (χ4v) is 3.42. The SMILES string of the molecule is COc1ccc2c(C)cc3nnc(SCCNC(=O)OCC(F)(F)F)n3c2c1. The molecule has 1 amide bonds. The molecule has 3 rings (SSSR count). The smallest absolute Gasteiger partial charge is 0.422 e. The monoisotopic (exact) mass is 414 g/mol. The quantitative estimate of drug-likeness (QED) is 0.491. The number of alkyl halides is 3. The summed E-state index contributed by atoms with van der Waals surface area (Å²) in [6, 6.07) is 7.62. The number of methoxy groups -OCH3 is 1. The summed E-state index contributed by atoms with van der Waals surface area (Å²) in [5, 5.41) is 12.2. The van der Waals surface area contributed by atoms with Crippen LogP contribution in [0.3, 0.4) is 0 Å². The molecule has 2 heterocycles. The van der Waals surface area contributed by atoms with Crippen molar-refractivity contribution in [2.75, 3.05) is 26.0 Å². The number of carbonyl (C=O) groups excluding carboxylic acids is 1. The molecule has 1 N–H and O–H groups in total. The Morgan fingerprint density at radius 1 is 1.29 bits per heavy atom. The summed E-state index contributed by atoms with van der Waals surface area (Å²) in [6.07, 6.45) is -5.66. The van der Waals surface area contributed by atoms with E-state index < -0.39 is 18.9 Å². The van der Waals surface area contributed by atoms with E-state index in [1.807, 2.05) is 35.6 Å². The van der Waals surface area contributed by atoms with Gasteiger partial charge >= 0.3 is 12.3 Å². The average Bonchev–Trinajstić information content (AvgIpc) is 3.05. The van der Waals surface area contributed by atoms with E-state index in [-0.39, 0.29) is 6.54 Å². The van der Waals surface area contributed by atoms with Crippen molar-refractivity contribution in [1.29, 1.82) is 0 Å². The lowest BCUT2D eigenvalue weighted by molar-refractivity contribution is -0.160. The predicted octanol–water partition coefficient (Wildman–Crippen LogP) is 3.58. The zero-order chi connectivity index (χ0) is 20.3. The first kappa shape index (κ1) is 20.1. The molecule has 3 aromatic rings. The largest absolute Gasteiger partial charge is 0.497 e.